The summed E-state index contributed by atoms with van der Waals surface area (Å²) >= 11 is 5.34. The predicted molar refractivity (Wildman–Crippen MR) is 97.5 cm³/mol. The van der Waals surface area contributed by atoms with Gasteiger partial charge in [0.2, 0.25) is 12.7 Å². The Bertz CT molecular complexity index is 818. The second-order valence-corrected chi connectivity index (χ2v) is 6.71. The molecule has 1 aromatic rings. The van der Waals surface area contributed by atoms with Crippen molar-refractivity contribution in [3.05, 3.63) is 35.0 Å². The third-order valence-corrected chi connectivity index (χ3v) is 4.36. The van der Waals surface area contributed by atoms with Crippen molar-refractivity contribution in [2.75, 3.05) is 6.79 Å². The number of nitrogens with zero attached hydrogens (tertiary/aromatic N) is 1. The molecule has 1 atom stereocenters. The van der Waals surface area contributed by atoms with Gasteiger partial charge in [-0.2, -0.15) is 0 Å². The minimum Gasteiger partial charge on any atom is -0.459 e. The number of fused-ring (bicyclic) bond motifs is 1. The summed E-state index contributed by atoms with van der Waals surface area (Å²) in [5.41, 5.74) is 1.57. The lowest BCUT2D eigenvalue weighted by atomic mass is 9.93. The summed E-state index contributed by atoms with van der Waals surface area (Å²) in [6.07, 6.45) is -0.292. The van der Waals surface area contributed by atoms with E-state index in [0.717, 1.165) is 0 Å². The highest BCUT2D eigenvalue weighted by Crippen LogP contribution is 2.40. The lowest BCUT2D eigenvalue weighted by Crippen LogP contribution is -2.50. The molecule has 8 heteroatoms. The fourth-order valence-corrected chi connectivity index (χ4v) is 3.39. The molecular formula is C18H20N2O5S. The van der Waals surface area contributed by atoms with Crippen molar-refractivity contribution in [2.45, 2.75) is 39.8 Å². The maximum Gasteiger partial charge on any atom is 0.338 e. The van der Waals surface area contributed by atoms with Crippen LogP contribution in [0.5, 0.6) is 11.5 Å². The first-order chi connectivity index (χ1) is 12.3. The van der Waals surface area contributed by atoms with Gasteiger partial charge in [0.05, 0.1) is 17.7 Å². The third-order valence-electron chi connectivity index (χ3n) is 4.06. The molecule has 7 nitrogen and oxygen atoms in total. The minimum absolute atomic E-state index is 0.136. The number of carbonyl (C=O) groups excluding carboxylic acids is 2. The first kappa shape index (κ1) is 18.2. The van der Waals surface area contributed by atoms with Crippen LogP contribution in [0.25, 0.3) is 0 Å². The van der Waals surface area contributed by atoms with Gasteiger partial charge in [0.25, 0.3) is 0 Å². The van der Waals surface area contributed by atoms with E-state index in [4.69, 9.17) is 26.4 Å². The molecule has 0 radical (unpaired) electrons. The van der Waals surface area contributed by atoms with Gasteiger partial charge >= 0.3 is 5.97 Å². The van der Waals surface area contributed by atoms with Crippen LogP contribution in [0.3, 0.4) is 0 Å². The number of carbonyl (C=O) groups is 2. The summed E-state index contributed by atoms with van der Waals surface area (Å²) in [5, 5.41) is 3.16. The van der Waals surface area contributed by atoms with Crippen LogP contribution in [-0.4, -0.2) is 34.8 Å². The standard InChI is InChI=1S/C18H20N2O5S/c1-9(2)25-17(22)15-10(3)19-18(26)20(11(4)21)16(15)12-5-6-13-14(7-12)24-8-23-13/h5-7,9,16H,8H2,1-4H3,(H,19,26). The van der Waals surface area contributed by atoms with Crippen LogP contribution >= 0.6 is 12.2 Å². The molecule has 2 aliphatic rings. The smallest absolute Gasteiger partial charge is 0.338 e. The Labute approximate surface area is 156 Å². The van der Waals surface area contributed by atoms with E-state index in [9.17, 15) is 9.59 Å². The molecule has 1 aromatic carbocycles. The number of allylic oxidation sites excluding steroid dienone is 1. The molecule has 0 saturated heterocycles. The molecule has 1 N–H and O–H groups in total. The van der Waals surface area contributed by atoms with E-state index in [1.165, 1.54) is 11.8 Å². The Morgan fingerprint density at radius 2 is 2.00 bits per heavy atom. The van der Waals surface area contributed by atoms with Crippen molar-refractivity contribution >= 4 is 29.2 Å². The van der Waals surface area contributed by atoms with E-state index in [2.05, 4.69) is 5.32 Å². The van der Waals surface area contributed by atoms with E-state index in [-0.39, 0.29) is 23.9 Å². The summed E-state index contributed by atoms with van der Waals surface area (Å²) in [4.78, 5) is 26.4. The normalized spacial score (nSPS) is 18.9. The molecule has 0 spiro atoms. The van der Waals surface area contributed by atoms with Crippen LogP contribution in [-0.2, 0) is 14.3 Å². The van der Waals surface area contributed by atoms with Crippen LogP contribution in [0.4, 0.5) is 0 Å². The summed E-state index contributed by atoms with van der Waals surface area (Å²) in [6.45, 7) is 6.82. The van der Waals surface area contributed by atoms with Gasteiger partial charge in [-0.25, -0.2) is 4.79 Å². The number of rotatable bonds is 3. The summed E-state index contributed by atoms with van der Waals surface area (Å²) < 4.78 is 16.2. The minimum atomic E-state index is -0.706. The zero-order chi connectivity index (χ0) is 19.0. The monoisotopic (exact) mass is 376 g/mol. The van der Waals surface area contributed by atoms with Gasteiger partial charge in [-0.15, -0.1) is 0 Å². The highest BCUT2D eigenvalue weighted by Gasteiger charge is 2.39. The van der Waals surface area contributed by atoms with Crippen molar-refractivity contribution in [1.29, 1.82) is 0 Å². The molecule has 3 rings (SSSR count). The molecule has 0 bridgehead atoms. The molecule has 2 heterocycles. The van der Waals surface area contributed by atoms with Crippen LogP contribution in [0.2, 0.25) is 0 Å². The molecule has 0 fully saturated rings. The Hall–Kier alpha value is -2.61. The fourth-order valence-electron chi connectivity index (χ4n) is 3.01. The highest BCUT2D eigenvalue weighted by atomic mass is 32.1. The molecule has 1 amide bonds. The fraction of sp³-hybridized carbons (Fsp3) is 0.389. The zero-order valence-corrected chi connectivity index (χ0v) is 15.8. The Kier molecular flexibility index (Phi) is 4.86. The predicted octanol–water partition coefficient (Wildman–Crippen LogP) is 2.42. The first-order valence-corrected chi connectivity index (χ1v) is 8.62. The number of hydrogen-bond donors (Lipinski definition) is 1. The van der Waals surface area contributed by atoms with Crippen LogP contribution in [0, 0.1) is 0 Å². The molecule has 0 saturated carbocycles. The lowest BCUT2D eigenvalue weighted by Gasteiger charge is -2.38. The summed E-state index contributed by atoms with van der Waals surface area (Å²) in [5.74, 6) is 0.394. The number of hydrogen-bond acceptors (Lipinski definition) is 6. The average molecular weight is 376 g/mol. The van der Waals surface area contributed by atoms with Gasteiger partial charge in [-0.3, -0.25) is 9.69 Å². The third kappa shape index (κ3) is 3.24. The maximum atomic E-state index is 12.8. The van der Waals surface area contributed by atoms with Gasteiger partial charge < -0.3 is 19.5 Å². The number of ether oxygens (including phenoxy) is 3. The Morgan fingerprint density at radius 3 is 2.65 bits per heavy atom. The summed E-state index contributed by atoms with van der Waals surface area (Å²) in [7, 11) is 0. The van der Waals surface area contributed by atoms with Gasteiger partial charge in [-0.05, 0) is 50.7 Å². The van der Waals surface area contributed by atoms with Crippen molar-refractivity contribution in [1.82, 2.24) is 10.2 Å². The Balaban J connectivity index is 2.13. The number of nitrogens with one attached hydrogen (secondary N) is 1. The Morgan fingerprint density at radius 1 is 1.31 bits per heavy atom. The molecular weight excluding hydrogens is 356 g/mol. The SMILES string of the molecule is CC(=O)N1C(=S)NC(C)=C(C(=O)OC(C)C)C1c1ccc2c(c1)OCO2. The molecule has 138 valence electrons. The molecule has 2 aliphatic heterocycles. The van der Waals surface area contributed by atoms with E-state index < -0.39 is 12.0 Å². The van der Waals surface area contributed by atoms with E-state index >= 15 is 0 Å². The first-order valence-electron chi connectivity index (χ1n) is 8.21. The van der Waals surface area contributed by atoms with Crippen LogP contribution in [0.15, 0.2) is 29.5 Å². The average Bonchev–Trinajstić information content (AvgIpc) is 3.00. The number of benzene rings is 1. The number of amides is 1. The molecule has 0 aliphatic carbocycles. The van der Waals surface area contributed by atoms with Gasteiger partial charge in [0.15, 0.2) is 16.6 Å². The quantitative estimate of drug-likeness (QED) is 0.641. The highest BCUT2D eigenvalue weighted by molar-refractivity contribution is 7.80. The van der Waals surface area contributed by atoms with Crippen molar-refractivity contribution in [2.24, 2.45) is 0 Å². The second-order valence-electron chi connectivity index (χ2n) is 6.33. The summed E-state index contributed by atoms with van der Waals surface area (Å²) in [6, 6.07) is 4.59. The van der Waals surface area contributed by atoms with Gasteiger partial charge in [0.1, 0.15) is 0 Å². The topological polar surface area (TPSA) is 77.1 Å². The second kappa shape index (κ2) is 6.95. The van der Waals surface area contributed by atoms with Crippen LogP contribution < -0.4 is 14.8 Å². The number of thiocarbonyl (C=S) groups is 1. The maximum absolute atomic E-state index is 12.8. The number of esters is 1. The van der Waals surface area contributed by atoms with E-state index in [0.29, 0.717) is 28.3 Å². The van der Waals surface area contributed by atoms with E-state index in [1.54, 1.807) is 39.0 Å². The molecule has 26 heavy (non-hydrogen) atoms. The lowest BCUT2D eigenvalue weighted by molar-refractivity contribution is -0.143. The van der Waals surface area contributed by atoms with Gasteiger partial charge in [0, 0.05) is 12.6 Å². The van der Waals surface area contributed by atoms with Crippen molar-refractivity contribution in [3.8, 4) is 11.5 Å². The van der Waals surface area contributed by atoms with Gasteiger partial charge in [-0.1, -0.05) is 6.07 Å². The van der Waals surface area contributed by atoms with E-state index in [1.807, 2.05) is 0 Å². The molecule has 0 aromatic heterocycles. The van der Waals surface area contributed by atoms with Crippen LogP contribution in [0.1, 0.15) is 39.3 Å². The van der Waals surface area contributed by atoms with Crippen molar-refractivity contribution < 1.29 is 23.8 Å². The van der Waals surface area contributed by atoms with Crippen molar-refractivity contribution in [3.63, 3.8) is 0 Å². The zero-order valence-electron chi connectivity index (χ0n) is 15.0. The molecule has 1 unspecified atom stereocenters. The largest absolute Gasteiger partial charge is 0.459 e.